The molecule has 2 heterocycles. The van der Waals surface area contributed by atoms with Gasteiger partial charge in [0, 0.05) is 22.8 Å². The van der Waals surface area contributed by atoms with Gasteiger partial charge >= 0.3 is 0 Å². The van der Waals surface area contributed by atoms with Gasteiger partial charge in [0.05, 0.1) is 6.54 Å². The molecule has 0 aliphatic heterocycles. The van der Waals surface area contributed by atoms with Crippen molar-refractivity contribution in [2.24, 2.45) is 0 Å². The standard InChI is InChI=1S/C13H18N4O2S/c1-10-4-5-11(20-10)9-17(7-6-16(2)3)13(18)12-8-14-19-15-12/h4-5,8H,6-7,9H2,1-3H3. The minimum atomic E-state index is -0.154. The second kappa shape index (κ2) is 6.62. The van der Waals surface area contributed by atoms with Crippen molar-refractivity contribution < 1.29 is 9.42 Å². The van der Waals surface area contributed by atoms with Crippen molar-refractivity contribution in [1.29, 1.82) is 0 Å². The lowest BCUT2D eigenvalue weighted by molar-refractivity contribution is 0.0722. The summed E-state index contributed by atoms with van der Waals surface area (Å²) in [6, 6.07) is 4.11. The highest BCUT2D eigenvalue weighted by molar-refractivity contribution is 7.11. The van der Waals surface area contributed by atoms with Gasteiger partial charge in [-0.3, -0.25) is 4.79 Å². The molecule has 0 aromatic carbocycles. The molecule has 0 aliphatic rings. The van der Waals surface area contributed by atoms with Gasteiger partial charge in [0.15, 0.2) is 5.69 Å². The predicted molar refractivity (Wildman–Crippen MR) is 76.6 cm³/mol. The molecule has 0 saturated carbocycles. The number of carbonyl (C=O) groups excluding carboxylic acids is 1. The van der Waals surface area contributed by atoms with Crippen molar-refractivity contribution in [2.45, 2.75) is 13.5 Å². The van der Waals surface area contributed by atoms with E-state index < -0.39 is 0 Å². The molecule has 0 unspecified atom stereocenters. The highest BCUT2D eigenvalue weighted by Crippen LogP contribution is 2.18. The van der Waals surface area contributed by atoms with Crippen molar-refractivity contribution in [3.8, 4) is 0 Å². The summed E-state index contributed by atoms with van der Waals surface area (Å²) in [4.78, 5) is 18.6. The Bertz CT molecular complexity index is 550. The van der Waals surface area contributed by atoms with E-state index in [1.54, 1.807) is 16.2 Å². The Morgan fingerprint density at radius 2 is 2.15 bits per heavy atom. The van der Waals surface area contributed by atoms with E-state index in [4.69, 9.17) is 0 Å². The van der Waals surface area contributed by atoms with Crippen LogP contribution in [0.3, 0.4) is 0 Å². The number of aryl methyl sites for hydroxylation is 1. The van der Waals surface area contributed by atoms with Gasteiger partial charge in [-0.15, -0.1) is 11.3 Å². The van der Waals surface area contributed by atoms with Crippen LogP contribution in [0.1, 0.15) is 20.2 Å². The number of hydrogen-bond acceptors (Lipinski definition) is 6. The molecule has 0 spiro atoms. The van der Waals surface area contributed by atoms with E-state index in [0.29, 0.717) is 13.1 Å². The van der Waals surface area contributed by atoms with Gasteiger partial charge in [-0.2, -0.15) is 0 Å². The monoisotopic (exact) mass is 294 g/mol. The number of thiophene rings is 1. The summed E-state index contributed by atoms with van der Waals surface area (Å²) in [5.74, 6) is -0.154. The maximum Gasteiger partial charge on any atom is 0.278 e. The maximum atomic E-state index is 12.4. The van der Waals surface area contributed by atoms with Crippen molar-refractivity contribution in [3.05, 3.63) is 33.8 Å². The third-order valence-corrected chi connectivity index (χ3v) is 3.81. The summed E-state index contributed by atoms with van der Waals surface area (Å²) in [6.45, 7) is 4.07. The first-order chi connectivity index (χ1) is 9.56. The van der Waals surface area contributed by atoms with Crippen LogP contribution < -0.4 is 0 Å². The molecule has 0 fully saturated rings. The van der Waals surface area contributed by atoms with Gasteiger partial charge in [0.1, 0.15) is 6.20 Å². The molecular weight excluding hydrogens is 276 g/mol. The summed E-state index contributed by atoms with van der Waals surface area (Å²) in [5, 5.41) is 7.11. The number of carbonyl (C=O) groups is 1. The van der Waals surface area contributed by atoms with Gasteiger partial charge in [0.25, 0.3) is 5.91 Å². The molecule has 108 valence electrons. The highest BCUT2D eigenvalue weighted by Gasteiger charge is 2.20. The Morgan fingerprint density at radius 3 is 2.70 bits per heavy atom. The molecule has 2 aromatic heterocycles. The average Bonchev–Trinajstić information content (AvgIpc) is 3.04. The Labute approximate surface area is 122 Å². The molecule has 0 N–H and O–H groups in total. The molecule has 0 aliphatic carbocycles. The van der Waals surface area contributed by atoms with Crippen LogP contribution in [0.4, 0.5) is 0 Å². The van der Waals surface area contributed by atoms with Crippen LogP contribution in [-0.4, -0.2) is 53.2 Å². The maximum absolute atomic E-state index is 12.4. The van der Waals surface area contributed by atoms with Crippen molar-refractivity contribution in [1.82, 2.24) is 20.1 Å². The van der Waals surface area contributed by atoms with Crippen LogP contribution in [0.15, 0.2) is 23.0 Å². The minimum Gasteiger partial charge on any atom is -0.331 e. The molecule has 1 amide bonds. The lowest BCUT2D eigenvalue weighted by Gasteiger charge is -2.22. The SMILES string of the molecule is Cc1ccc(CN(CCN(C)C)C(=O)c2cnon2)s1. The second-order valence-electron chi connectivity index (χ2n) is 4.84. The minimum absolute atomic E-state index is 0.154. The fourth-order valence-corrected chi connectivity index (χ4v) is 2.66. The van der Waals surface area contributed by atoms with Gasteiger partial charge in [-0.05, 0) is 38.3 Å². The van der Waals surface area contributed by atoms with Crippen molar-refractivity contribution in [2.75, 3.05) is 27.2 Å². The largest absolute Gasteiger partial charge is 0.331 e. The third-order valence-electron chi connectivity index (χ3n) is 2.83. The van der Waals surface area contributed by atoms with E-state index in [-0.39, 0.29) is 11.6 Å². The summed E-state index contributed by atoms with van der Waals surface area (Å²) in [5.41, 5.74) is 0.247. The quantitative estimate of drug-likeness (QED) is 0.810. The first kappa shape index (κ1) is 14.7. The van der Waals surface area contributed by atoms with Gasteiger partial charge in [-0.1, -0.05) is 5.16 Å². The first-order valence-electron chi connectivity index (χ1n) is 6.33. The van der Waals surface area contributed by atoms with E-state index in [9.17, 15) is 4.79 Å². The smallest absolute Gasteiger partial charge is 0.278 e. The number of likely N-dealkylation sites (N-methyl/N-ethyl adjacent to an activating group) is 1. The van der Waals surface area contributed by atoms with Crippen LogP contribution in [0.2, 0.25) is 0 Å². The zero-order chi connectivity index (χ0) is 14.5. The Hall–Kier alpha value is -1.73. The molecule has 0 bridgehead atoms. The molecule has 7 heteroatoms. The summed E-state index contributed by atoms with van der Waals surface area (Å²) < 4.78 is 4.51. The molecule has 2 aromatic rings. The number of rotatable bonds is 6. The van der Waals surface area contributed by atoms with Gasteiger partial charge < -0.3 is 9.80 Å². The van der Waals surface area contributed by atoms with E-state index in [2.05, 4.69) is 34.0 Å². The normalized spacial score (nSPS) is 11.0. The van der Waals surface area contributed by atoms with E-state index >= 15 is 0 Å². The molecule has 0 saturated heterocycles. The molecular formula is C13H18N4O2S. The molecule has 2 rings (SSSR count). The summed E-state index contributed by atoms with van der Waals surface area (Å²) in [7, 11) is 3.96. The van der Waals surface area contributed by atoms with Crippen molar-refractivity contribution in [3.63, 3.8) is 0 Å². The van der Waals surface area contributed by atoms with Gasteiger partial charge in [0.2, 0.25) is 0 Å². The van der Waals surface area contributed by atoms with Crippen LogP contribution in [0.5, 0.6) is 0 Å². The Morgan fingerprint density at radius 1 is 1.35 bits per heavy atom. The number of amides is 1. The van der Waals surface area contributed by atoms with Crippen LogP contribution >= 0.6 is 11.3 Å². The Kier molecular flexibility index (Phi) is 4.86. The van der Waals surface area contributed by atoms with E-state index in [1.165, 1.54) is 11.1 Å². The number of nitrogens with zero attached hydrogens (tertiary/aromatic N) is 4. The number of aromatic nitrogens is 2. The van der Waals surface area contributed by atoms with Crippen molar-refractivity contribution >= 4 is 17.2 Å². The van der Waals surface area contributed by atoms with E-state index in [1.807, 2.05) is 19.0 Å². The highest BCUT2D eigenvalue weighted by atomic mass is 32.1. The lowest BCUT2D eigenvalue weighted by atomic mass is 10.3. The lowest BCUT2D eigenvalue weighted by Crippen LogP contribution is -2.36. The predicted octanol–water partition coefficient (Wildman–Crippen LogP) is 1.64. The third kappa shape index (κ3) is 3.88. The van der Waals surface area contributed by atoms with Gasteiger partial charge in [-0.25, -0.2) is 4.63 Å². The fraction of sp³-hybridized carbons (Fsp3) is 0.462. The zero-order valence-corrected chi connectivity index (χ0v) is 12.7. The van der Waals surface area contributed by atoms with E-state index in [0.717, 1.165) is 11.4 Å². The summed E-state index contributed by atoms with van der Waals surface area (Å²) >= 11 is 1.70. The second-order valence-corrected chi connectivity index (χ2v) is 6.21. The number of hydrogen-bond donors (Lipinski definition) is 0. The summed E-state index contributed by atoms with van der Waals surface area (Å²) in [6.07, 6.45) is 1.35. The zero-order valence-electron chi connectivity index (χ0n) is 11.9. The first-order valence-corrected chi connectivity index (χ1v) is 7.15. The molecule has 0 radical (unpaired) electrons. The van der Waals surface area contributed by atoms with Crippen LogP contribution in [0.25, 0.3) is 0 Å². The average molecular weight is 294 g/mol. The van der Waals surface area contributed by atoms with Crippen LogP contribution in [0, 0.1) is 6.92 Å². The fourth-order valence-electron chi connectivity index (χ4n) is 1.75. The topological polar surface area (TPSA) is 62.5 Å². The molecule has 20 heavy (non-hydrogen) atoms. The molecule has 0 atom stereocenters. The van der Waals surface area contributed by atoms with Crippen LogP contribution in [-0.2, 0) is 6.54 Å². The molecule has 6 nitrogen and oxygen atoms in total. The Balaban J connectivity index is 2.09.